The Kier molecular flexibility index (Phi) is 4.03. The minimum Gasteiger partial charge on any atom is -0.206 e. The Hall–Kier alpha value is -1.20. The third-order valence-corrected chi connectivity index (χ3v) is 8.06. The van der Waals surface area contributed by atoms with E-state index in [1.165, 1.54) is 13.8 Å². The molecule has 1 aliphatic heterocycles. The fourth-order valence-electron chi connectivity index (χ4n) is 2.34. The molecule has 1 aromatic rings. The van der Waals surface area contributed by atoms with Crippen molar-refractivity contribution >= 4 is 20.0 Å². The number of fused-ring (bicyclic) bond motifs is 1. The second-order valence-corrected chi connectivity index (χ2v) is 8.35. The van der Waals surface area contributed by atoms with Crippen LogP contribution in [0.15, 0.2) is 9.79 Å². The van der Waals surface area contributed by atoms with Crippen molar-refractivity contribution in [3.8, 4) is 0 Å². The van der Waals surface area contributed by atoms with Crippen LogP contribution in [0.5, 0.6) is 0 Å². The molecule has 0 radical (unpaired) electrons. The van der Waals surface area contributed by atoms with Crippen molar-refractivity contribution in [2.75, 3.05) is 0 Å². The number of hydrogen-bond acceptors (Lipinski definition) is 4. The maximum Gasteiger partial charge on any atom is 0.261 e. The predicted octanol–water partition coefficient (Wildman–Crippen LogP) is 2.12. The first kappa shape index (κ1) is 17.2. The fourth-order valence-corrected chi connectivity index (χ4v) is 7.47. The average Bonchev–Trinajstić information content (AvgIpc) is 2.60. The third kappa shape index (κ3) is 1.98. The topological polar surface area (TPSA) is 71.5 Å². The van der Waals surface area contributed by atoms with Crippen molar-refractivity contribution in [3.63, 3.8) is 0 Å². The molecule has 1 aliphatic rings. The standard InChI is InChI=1S/C11H11F4NO4S2/c1-3-5(4-2)16-21(17,18)10-8(14)6(12)7(13)9(15)11(10)22(16,19)20/h5H,3-4H2,1-2H3. The zero-order chi connectivity index (χ0) is 17.0. The van der Waals surface area contributed by atoms with E-state index in [0.717, 1.165) is 0 Å². The molecule has 2 rings (SSSR count). The summed E-state index contributed by atoms with van der Waals surface area (Å²) in [5.41, 5.74) is 0. The predicted molar refractivity (Wildman–Crippen MR) is 66.9 cm³/mol. The molecule has 0 saturated heterocycles. The molecule has 1 heterocycles. The number of sulfonamides is 2. The normalized spacial score (nSPS) is 19.6. The Labute approximate surface area is 124 Å². The van der Waals surface area contributed by atoms with Crippen LogP contribution in [0, 0.1) is 23.3 Å². The summed E-state index contributed by atoms with van der Waals surface area (Å²) in [4.78, 5) is -3.37. The van der Waals surface area contributed by atoms with Gasteiger partial charge in [-0.1, -0.05) is 17.6 Å². The maximum absolute atomic E-state index is 13.8. The van der Waals surface area contributed by atoms with Crippen LogP contribution in [0.4, 0.5) is 17.6 Å². The summed E-state index contributed by atoms with van der Waals surface area (Å²) in [6.45, 7) is 2.94. The fraction of sp³-hybridized carbons (Fsp3) is 0.455. The molecule has 0 aromatic heterocycles. The van der Waals surface area contributed by atoms with E-state index in [9.17, 15) is 34.4 Å². The molecule has 1 aromatic carbocycles. The summed E-state index contributed by atoms with van der Waals surface area (Å²) in [6, 6.07) is -1.12. The molecule has 0 aliphatic carbocycles. The lowest BCUT2D eigenvalue weighted by atomic mass is 10.2. The molecule has 0 amide bonds. The van der Waals surface area contributed by atoms with E-state index in [-0.39, 0.29) is 16.6 Å². The molecular formula is C11H11F4NO4S2. The molecule has 124 valence electrons. The van der Waals surface area contributed by atoms with Crippen LogP contribution >= 0.6 is 0 Å². The highest BCUT2D eigenvalue weighted by molar-refractivity contribution is 8.06. The highest BCUT2D eigenvalue weighted by Crippen LogP contribution is 2.43. The highest BCUT2D eigenvalue weighted by Gasteiger charge is 2.55. The third-order valence-electron chi connectivity index (χ3n) is 3.41. The zero-order valence-corrected chi connectivity index (χ0v) is 13.0. The van der Waals surface area contributed by atoms with Crippen LogP contribution in [-0.2, 0) is 20.0 Å². The maximum atomic E-state index is 13.8. The van der Waals surface area contributed by atoms with Gasteiger partial charge < -0.3 is 0 Å². The Morgan fingerprint density at radius 1 is 0.773 bits per heavy atom. The molecule has 0 N–H and O–H groups in total. The molecule has 11 heteroatoms. The van der Waals surface area contributed by atoms with Gasteiger partial charge in [-0.25, -0.2) is 34.4 Å². The molecular weight excluding hydrogens is 350 g/mol. The van der Waals surface area contributed by atoms with Gasteiger partial charge in [0, 0.05) is 6.04 Å². The number of nitrogens with zero attached hydrogens (tertiary/aromatic N) is 1. The first-order valence-corrected chi connectivity index (χ1v) is 9.07. The Morgan fingerprint density at radius 3 is 1.36 bits per heavy atom. The van der Waals surface area contributed by atoms with E-state index >= 15 is 0 Å². The lowest BCUT2D eigenvalue weighted by Gasteiger charge is -2.22. The molecule has 0 bridgehead atoms. The lowest BCUT2D eigenvalue weighted by molar-refractivity contribution is 0.381. The number of hydrogen-bond donors (Lipinski definition) is 0. The molecule has 5 nitrogen and oxygen atoms in total. The molecule has 22 heavy (non-hydrogen) atoms. The highest BCUT2D eigenvalue weighted by atomic mass is 32.3. The summed E-state index contributed by atoms with van der Waals surface area (Å²) in [5.74, 6) is -9.24. The zero-order valence-electron chi connectivity index (χ0n) is 11.4. The van der Waals surface area contributed by atoms with E-state index in [4.69, 9.17) is 0 Å². The van der Waals surface area contributed by atoms with Crippen LogP contribution in [0.25, 0.3) is 0 Å². The monoisotopic (exact) mass is 361 g/mol. The number of halogens is 4. The Bertz CT molecular complexity index is 783. The van der Waals surface area contributed by atoms with Gasteiger partial charge in [-0.15, -0.1) is 0 Å². The van der Waals surface area contributed by atoms with Crippen molar-refractivity contribution in [1.82, 2.24) is 3.71 Å². The summed E-state index contributed by atoms with van der Waals surface area (Å²) in [6.07, 6.45) is 0.0499. The summed E-state index contributed by atoms with van der Waals surface area (Å²) in [7, 11) is -10.1. The molecule has 0 saturated carbocycles. The van der Waals surface area contributed by atoms with Crippen molar-refractivity contribution in [2.24, 2.45) is 0 Å². The van der Waals surface area contributed by atoms with Gasteiger partial charge in [-0.05, 0) is 12.8 Å². The van der Waals surface area contributed by atoms with Gasteiger partial charge in [0.05, 0.1) is 0 Å². The minimum absolute atomic E-state index is 0.0250. The smallest absolute Gasteiger partial charge is 0.206 e. The SMILES string of the molecule is CCC(CC)N1S(=O)(=O)c2c(F)c(F)c(F)c(F)c2S1(=O)=O. The largest absolute Gasteiger partial charge is 0.261 e. The van der Waals surface area contributed by atoms with Gasteiger partial charge in [0.15, 0.2) is 23.3 Å². The second kappa shape index (κ2) is 5.17. The van der Waals surface area contributed by atoms with Crippen molar-refractivity contribution in [2.45, 2.75) is 42.5 Å². The van der Waals surface area contributed by atoms with E-state index < -0.39 is 59.1 Å². The van der Waals surface area contributed by atoms with E-state index in [0.29, 0.717) is 0 Å². The van der Waals surface area contributed by atoms with Gasteiger partial charge in [0.2, 0.25) is 0 Å². The van der Waals surface area contributed by atoms with Crippen LogP contribution in [0.1, 0.15) is 26.7 Å². The summed E-state index contributed by atoms with van der Waals surface area (Å²) < 4.78 is 103. The Morgan fingerprint density at radius 2 is 1.09 bits per heavy atom. The Balaban J connectivity index is 2.99. The van der Waals surface area contributed by atoms with E-state index in [2.05, 4.69) is 0 Å². The van der Waals surface area contributed by atoms with Crippen LogP contribution < -0.4 is 0 Å². The van der Waals surface area contributed by atoms with Gasteiger partial charge in [-0.2, -0.15) is 0 Å². The summed E-state index contributed by atoms with van der Waals surface area (Å²) in [5, 5.41) is 0. The molecule has 0 spiro atoms. The molecule has 0 unspecified atom stereocenters. The van der Waals surface area contributed by atoms with Gasteiger partial charge >= 0.3 is 0 Å². The molecule has 0 atom stereocenters. The number of benzene rings is 1. The first-order valence-electron chi connectivity index (χ1n) is 6.18. The van der Waals surface area contributed by atoms with Crippen molar-refractivity contribution in [3.05, 3.63) is 23.3 Å². The second-order valence-electron chi connectivity index (χ2n) is 4.62. The van der Waals surface area contributed by atoms with Crippen LogP contribution in [-0.4, -0.2) is 26.6 Å². The summed E-state index contributed by atoms with van der Waals surface area (Å²) >= 11 is 0. The van der Waals surface area contributed by atoms with Crippen molar-refractivity contribution < 1.29 is 34.4 Å². The number of rotatable bonds is 3. The first-order chi connectivity index (χ1) is 10.0. The van der Waals surface area contributed by atoms with E-state index in [1.807, 2.05) is 0 Å². The van der Waals surface area contributed by atoms with Gasteiger partial charge in [0.1, 0.15) is 9.79 Å². The van der Waals surface area contributed by atoms with E-state index in [1.54, 1.807) is 0 Å². The minimum atomic E-state index is -5.05. The van der Waals surface area contributed by atoms with Crippen molar-refractivity contribution in [1.29, 1.82) is 0 Å². The van der Waals surface area contributed by atoms with Gasteiger partial charge in [0.25, 0.3) is 20.0 Å². The van der Waals surface area contributed by atoms with Crippen LogP contribution in [0.3, 0.4) is 0 Å². The quantitative estimate of drug-likeness (QED) is 0.470. The van der Waals surface area contributed by atoms with Crippen LogP contribution in [0.2, 0.25) is 0 Å². The van der Waals surface area contributed by atoms with Gasteiger partial charge in [-0.3, -0.25) is 0 Å². The average molecular weight is 361 g/mol. The molecule has 0 fully saturated rings. The lowest BCUT2D eigenvalue weighted by Crippen LogP contribution is -2.39.